The molecule has 2 aliphatic heterocycles. The molecule has 1 unspecified atom stereocenters. The van der Waals surface area contributed by atoms with Crippen LogP contribution in [0.5, 0.6) is 0 Å². The number of rotatable bonds is 11. The van der Waals surface area contributed by atoms with Gasteiger partial charge < -0.3 is 15.4 Å². The van der Waals surface area contributed by atoms with Crippen LogP contribution in [0.3, 0.4) is 0 Å². The maximum Gasteiger partial charge on any atom is 0.319 e. The number of carbonyl (C=O) groups excluding carboxylic acids is 2. The molecule has 5 rings (SSSR count). The third-order valence-corrected chi connectivity index (χ3v) is 8.18. The molecule has 3 aromatic rings. The molecule has 3 heterocycles. The minimum atomic E-state index is -0.964. The molecule has 0 aliphatic carbocycles. The molecule has 1 aromatic heterocycles. The molecule has 2 aromatic carbocycles. The third kappa shape index (κ3) is 8.24. The minimum absolute atomic E-state index is 0.155. The number of carbonyl (C=O) groups is 2. The molecule has 0 saturated carbocycles. The van der Waals surface area contributed by atoms with E-state index in [4.69, 9.17) is 19.4 Å². The number of nitrogens with one attached hydrogen (secondary N) is 3. The van der Waals surface area contributed by atoms with Gasteiger partial charge in [-0.1, -0.05) is 36.4 Å². The number of allylic oxidation sites excluding steroid dienone is 2. The summed E-state index contributed by atoms with van der Waals surface area (Å²) >= 11 is 0. The number of hydrogen-bond donors (Lipinski definition) is 3. The van der Waals surface area contributed by atoms with E-state index < -0.39 is 29.7 Å². The van der Waals surface area contributed by atoms with Gasteiger partial charge in [-0.15, -0.1) is 0 Å². The van der Waals surface area contributed by atoms with Crippen molar-refractivity contribution in [2.24, 2.45) is 10.9 Å². The first-order valence-electron chi connectivity index (χ1n) is 15.3. The zero-order chi connectivity index (χ0) is 33.3. The van der Waals surface area contributed by atoms with Crippen LogP contribution in [0, 0.1) is 17.6 Å². The number of pyridine rings is 1. The number of aliphatic imine (C=N–C) groups is 1. The second kappa shape index (κ2) is 15.8. The van der Waals surface area contributed by atoms with Crippen LogP contribution in [0.25, 0.3) is 0 Å². The van der Waals surface area contributed by atoms with E-state index in [9.17, 15) is 18.4 Å². The number of aromatic nitrogens is 1. The Balaban J connectivity index is 1.37. The lowest BCUT2D eigenvalue weighted by Crippen LogP contribution is -2.41. The highest BCUT2D eigenvalue weighted by Crippen LogP contribution is 2.35. The average molecular weight is 649 g/mol. The molecule has 0 bridgehead atoms. The fourth-order valence-corrected chi connectivity index (χ4v) is 5.85. The average Bonchev–Trinajstić information content (AvgIpc) is 3.42. The van der Waals surface area contributed by atoms with Crippen molar-refractivity contribution in [3.05, 3.63) is 112 Å². The zero-order valence-corrected chi connectivity index (χ0v) is 26.5. The molecular formula is C34H38F2N6O5. The lowest BCUT2D eigenvalue weighted by molar-refractivity contribution is -0.155. The number of halogens is 2. The summed E-state index contributed by atoms with van der Waals surface area (Å²) in [5.74, 6) is -2.79. The van der Waals surface area contributed by atoms with Crippen LogP contribution in [0.2, 0.25) is 0 Å². The molecule has 1 fully saturated rings. The number of hydrogen-bond acceptors (Lipinski definition) is 8. The number of ether oxygens (including phenoxy) is 1. The van der Waals surface area contributed by atoms with Crippen LogP contribution in [0.1, 0.15) is 52.5 Å². The third-order valence-electron chi connectivity index (χ3n) is 8.18. The van der Waals surface area contributed by atoms with Gasteiger partial charge in [0.2, 0.25) is 0 Å². The van der Waals surface area contributed by atoms with Gasteiger partial charge in [-0.3, -0.25) is 24.4 Å². The summed E-state index contributed by atoms with van der Waals surface area (Å²) in [6.45, 7) is 3.94. The minimum Gasteiger partial charge on any atom is -0.383 e. The second-order valence-electron chi connectivity index (χ2n) is 11.3. The first-order chi connectivity index (χ1) is 22.8. The van der Waals surface area contributed by atoms with Gasteiger partial charge in [-0.25, -0.2) is 19.1 Å². The largest absolute Gasteiger partial charge is 0.383 e. The molecule has 11 nitrogen and oxygen atoms in total. The predicted molar refractivity (Wildman–Crippen MR) is 170 cm³/mol. The van der Waals surface area contributed by atoms with Gasteiger partial charge in [-0.05, 0) is 54.3 Å². The van der Waals surface area contributed by atoms with Crippen molar-refractivity contribution in [3.8, 4) is 0 Å². The van der Waals surface area contributed by atoms with E-state index in [1.54, 1.807) is 30.5 Å². The van der Waals surface area contributed by atoms with Crippen molar-refractivity contribution in [2.75, 3.05) is 47.0 Å². The molecule has 0 radical (unpaired) electrons. The highest BCUT2D eigenvalue weighted by molar-refractivity contribution is 6.13. The SMILES string of the molecule is COCCN1C[C@@H](CNC(=O)NC2=C(C)C(c3ccc(C(=O)NOC)nc3)=NCCC2c2ccccc2)[C@H](c2ccc(F)c(F)c2)O1. The Morgan fingerprint density at radius 3 is 2.55 bits per heavy atom. The molecule has 47 heavy (non-hydrogen) atoms. The van der Waals surface area contributed by atoms with Crippen LogP contribution >= 0.6 is 0 Å². The molecule has 3 atom stereocenters. The van der Waals surface area contributed by atoms with E-state index in [0.29, 0.717) is 55.2 Å². The Labute approximate surface area is 271 Å². The predicted octanol–water partition coefficient (Wildman–Crippen LogP) is 4.45. The normalized spacial score (nSPS) is 20.0. The van der Waals surface area contributed by atoms with Crippen molar-refractivity contribution in [1.29, 1.82) is 0 Å². The molecule has 2 aliphatic rings. The van der Waals surface area contributed by atoms with Gasteiger partial charge in [0.05, 0.1) is 19.4 Å². The first-order valence-corrected chi connectivity index (χ1v) is 15.3. The number of hydroxylamine groups is 3. The monoisotopic (exact) mass is 648 g/mol. The van der Waals surface area contributed by atoms with Gasteiger partial charge in [0.15, 0.2) is 11.6 Å². The molecule has 3 N–H and O–H groups in total. The van der Waals surface area contributed by atoms with Gasteiger partial charge >= 0.3 is 6.03 Å². The van der Waals surface area contributed by atoms with Crippen molar-refractivity contribution in [1.82, 2.24) is 26.2 Å². The summed E-state index contributed by atoms with van der Waals surface area (Å²) in [6.07, 6.45) is 1.62. The summed E-state index contributed by atoms with van der Waals surface area (Å²) in [5, 5.41) is 7.80. The molecule has 1 saturated heterocycles. The van der Waals surface area contributed by atoms with Crippen LogP contribution in [0.15, 0.2) is 83.1 Å². The maximum atomic E-state index is 14.1. The molecular weight excluding hydrogens is 610 g/mol. The zero-order valence-electron chi connectivity index (χ0n) is 26.5. The lowest BCUT2D eigenvalue weighted by atomic mass is 9.89. The topological polar surface area (TPSA) is 126 Å². The van der Waals surface area contributed by atoms with Gasteiger partial charge in [0, 0.05) is 62.6 Å². The van der Waals surface area contributed by atoms with Crippen molar-refractivity contribution in [3.63, 3.8) is 0 Å². The van der Waals surface area contributed by atoms with Gasteiger partial charge in [0.1, 0.15) is 11.8 Å². The van der Waals surface area contributed by atoms with E-state index in [2.05, 4.69) is 21.1 Å². The number of urea groups is 1. The summed E-state index contributed by atoms with van der Waals surface area (Å²) in [4.78, 5) is 45.6. The molecule has 3 amide bonds. The van der Waals surface area contributed by atoms with Gasteiger partial charge in [0.25, 0.3) is 5.91 Å². The smallest absolute Gasteiger partial charge is 0.319 e. The molecule has 0 spiro atoms. The van der Waals surface area contributed by atoms with E-state index in [1.807, 2.05) is 37.3 Å². The first kappa shape index (κ1) is 33.8. The number of methoxy groups -OCH3 is 1. The van der Waals surface area contributed by atoms with Crippen LogP contribution < -0.4 is 16.1 Å². The summed E-state index contributed by atoms with van der Waals surface area (Å²) in [7, 11) is 2.93. The Hall–Kier alpha value is -4.56. The maximum absolute atomic E-state index is 14.1. The fraction of sp³-hybridized carbons (Fsp3) is 0.353. The number of amides is 3. The fourth-order valence-electron chi connectivity index (χ4n) is 5.85. The highest BCUT2D eigenvalue weighted by Gasteiger charge is 2.36. The quantitative estimate of drug-likeness (QED) is 0.262. The van der Waals surface area contributed by atoms with Crippen molar-refractivity contribution < 1.29 is 32.8 Å². The van der Waals surface area contributed by atoms with Gasteiger partial charge in [-0.2, -0.15) is 5.06 Å². The Bertz CT molecular complexity index is 1620. The molecule has 248 valence electrons. The Morgan fingerprint density at radius 2 is 1.85 bits per heavy atom. The summed E-state index contributed by atoms with van der Waals surface area (Å²) in [6, 6.07) is 16.5. The van der Waals surface area contributed by atoms with Crippen LogP contribution in [-0.2, 0) is 14.4 Å². The highest BCUT2D eigenvalue weighted by atomic mass is 19.2. The lowest BCUT2D eigenvalue weighted by Gasteiger charge is -2.23. The van der Waals surface area contributed by atoms with Crippen molar-refractivity contribution >= 4 is 17.6 Å². The van der Waals surface area contributed by atoms with Crippen LogP contribution in [-0.4, -0.2) is 74.7 Å². The van der Waals surface area contributed by atoms with Crippen LogP contribution in [0.4, 0.5) is 13.6 Å². The molecule has 13 heteroatoms. The Morgan fingerprint density at radius 1 is 1.04 bits per heavy atom. The number of benzene rings is 2. The van der Waals surface area contributed by atoms with E-state index >= 15 is 0 Å². The summed E-state index contributed by atoms with van der Waals surface area (Å²) < 4.78 is 33.0. The van der Waals surface area contributed by atoms with E-state index in [0.717, 1.165) is 23.3 Å². The Kier molecular flexibility index (Phi) is 11.4. The van der Waals surface area contributed by atoms with Crippen molar-refractivity contribution in [2.45, 2.75) is 25.4 Å². The van der Waals surface area contributed by atoms with E-state index in [1.165, 1.54) is 13.2 Å². The summed E-state index contributed by atoms with van der Waals surface area (Å²) in [5.41, 5.74) is 6.73. The van der Waals surface area contributed by atoms with E-state index in [-0.39, 0.29) is 24.1 Å². The second-order valence-corrected chi connectivity index (χ2v) is 11.3. The number of nitrogens with zero attached hydrogens (tertiary/aromatic N) is 3. The standard InChI is InChI=1S/C34H38F2N6O5/c1-21-30(24-10-12-29(38-18-24)33(43)41-46-3)37-14-13-26(22-7-5-4-6-8-22)31(21)40-34(44)39-19-25-20-42(15-16-45-2)47-32(25)23-9-11-27(35)28(36)17-23/h4-12,17-18,25-26,32H,13-16,19-20H2,1-3H3,(H,41,43)(H2,39,40,44)/t25-,26?,32+/m1/s1.